The lowest BCUT2D eigenvalue weighted by atomic mass is 10.3. The molecule has 2 aromatic carbocycles. The van der Waals surface area contributed by atoms with Crippen LogP contribution in [0, 0.1) is 0 Å². The summed E-state index contributed by atoms with van der Waals surface area (Å²) in [7, 11) is -3.52. The number of hydrogen-bond donors (Lipinski definition) is 0. The maximum Gasteiger partial charge on any atom is 0.218 e. The van der Waals surface area contributed by atoms with Crippen LogP contribution in [0.3, 0.4) is 0 Å². The molecule has 2 nitrogen and oxygen atoms in total. The van der Waals surface area contributed by atoms with E-state index in [-0.39, 0.29) is 0 Å². The summed E-state index contributed by atoms with van der Waals surface area (Å²) in [6, 6.07) is 21.2. The van der Waals surface area contributed by atoms with Crippen LogP contribution >= 0.6 is 0 Å². The van der Waals surface area contributed by atoms with Crippen molar-refractivity contribution in [2.75, 3.05) is 13.2 Å². The van der Waals surface area contributed by atoms with Gasteiger partial charge in [0.05, 0.1) is 0 Å². The van der Waals surface area contributed by atoms with Gasteiger partial charge in [-0.05, 0) is 49.4 Å². The summed E-state index contributed by atoms with van der Waals surface area (Å²) in [6.07, 6.45) is 2.12. The predicted molar refractivity (Wildman–Crippen MR) is 108 cm³/mol. The molecule has 0 amide bonds. The van der Waals surface area contributed by atoms with Gasteiger partial charge in [-0.1, -0.05) is 60.7 Å². The Morgan fingerprint density at radius 3 is 1.25 bits per heavy atom. The molecule has 0 unspecified atom stereocenters. The van der Waals surface area contributed by atoms with Crippen molar-refractivity contribution < 1.29 is 8.85 Å². The summed E-state index contributed by atoms with van der Waals surface area (Å²) in [5.74, 6) is 0. The fourth-order valence-corrected chi connectivity index (χ4v) is 6.34. The molecule has 0 spiro atoms. The molecule has 0 fully saturated rings. The van der Waals surface area contributed by atoms with E-state index in [4.69, 9.17) is 8.85 Å². The zero-order valence-corrected chi connectivity index (χ0v) is 17.4. The molecule has 0 aliphatic heterocycles. The van der Waals surface area contributed by atoms with Crippen molar-refractivity contribution in [1.29, 1.82) is 0 Å². The quantitative estimate of drug-likeness (QED) is 0.498. The van der Waals surface area contributed by atoms with Gasteiger partial charge < -0.3 is 8.85 Å². The van der Waals surface area contributed by atoms with E-state index in [9.17, 15) is 0 Å². The first-order chi connectivity index (χ1) is 11.4. The first-order valence-corrected chi connectivity index (χ1v) is 14.6. The summed E-state index contributed by atoms with van der Waals surface area (Å²) in [4.78, 5) is 0. The molecule has 0 aliphatic carbocycles. The SMILES string of the molecule is C[Si](C)(OCCCCO[Si](C)(C)c1ccccc1)c1ccccc1. The van der Waals surface area contributed by atoms with Crippen molar-refractivity contribution in [3.63, 3.8) is 0 Å². The van der Waals surface area contributed by atoms with Gasteiger partial charge in [0.15, 0.2) is 0 Å². The molecule has 0 saturated heterocycles. The smallest absolute Gasteiger partial charge is 0.218 e. The highest BCUT2D eigenvalue weighted by molar-refractivity contribution is 6.84. The second kappa shape index (κ2) is 8.76. The van der Waals surface area contributed by atoms with Gasteiger partial charge in [0.25, 0.3) is 0 Å². The Labute approximate surface area is 149 Å². The van der Waals surface area contributed by atoms with Crippen LogP contribution < -0.4 is 10.4 Å². The summed E-state index contributed by atoms with van der Waals surface area (Å²) in [6.45, 7) is 10.7. The molecule has 0 saturated carbocycles. The number of benzene rings is 2. The topological polar surface area (TPSA) is 18.5 Å². The van der Waals surface area contributed by atoms with Crippen molar-refractivity contribution in [3.05, 3.63) is 60.7 Å². The van der Waals surface area contributed by atoms with Gasteiger partial charge in [-0.3, -0.25) is 0 Å². The van der Waals surface area contributed by atoms with Crippen molar-refractivity contribution in [1.82, 2.24) is 0 Å². The fourth-order valence-electron chi connectivity index (χ4n) is 2.70. The standard InChI is InChI=1S/C20H30O2Si2/c1-23(2,19-13-7-5-8-14-19)21-17-11-12-18-22-24(3,4)20-15-9-6-10-16-20/h5-10,13-16H,11-12,17-18H2,1-4H3. The molecule has 0 atom stereocenters. The maximum absolute atomic E-state index is 6.23. The summed E-state index contributed by atoms with van der Waals surface area (Å²) >= 11 is 0. The Kier molecular flexibility index (Phi) is 6.98. The summed E-state index contributed by atoms with van der Waals surface area (Å²) in [5.41, 5.74) is 0. The third-order valence-electron chi connectivity index (χ3n) is 4.40. The highest BCUT2D eigenvalue weighted by Gasteiger charge is 2.25. The molecule has 130 valence electrons. The minimum absolute atomic E-state index is 0.824. The normalized spacial score (nSPS) is 12.3. The first kappa shape index (κ1) is 19.1. The van der Waals surface area contributed by atoms with Gasteiger partial charge in [0.2, 0.25) is 16.6 Å². The highest BCUT2D eigenvalue weighted by atomic mass is 28.4. The summed E-state index contributed by atoms with van der Waals surface area (Å²) in [5, 5.41) is 2.72. The molecule has 2 rings (SSSR count). The van der Waals surface area contributed by atoms with Crippen molar-refractivity contribution >= 4 is 27.0 Å². The van der Waals surface area contributed by atoms with Crippen LogP contribution in [-0.4, -0.2) is 29.8 Å². The zero-order valence-electron chi connectivity index (χ0n) is 15.4. The van der Waals surface area contributed by atoms with E-state index < -0.39 is 16.6 Å². The van der Waals surface area contributed by atoms with Gasteiger partial charge in [-0.25, -0.2) is 0 Å². The van der Waals surface area contributed by atoms with Crippen LogP contribution in [0.15, 0.2) is 60.7 Å². The highest BCUT2D eigenvalue weighted by Crippen LogP contribution is 2.09. The lowest BCUT2D eigenvalue weighted by Gasteiger charge is -2.25. The second-order valence-electron chi connectivity index (χ2n) is 7.16. The van der Waals surface area contributed by atoms with Gasteiger partial charge in [-0.2, -0.15) is 0 Å². The van der Waals surface area contributed by atoms with Gasteiger partial charge in [0.1, 0.15) is 0 Å². The fraction of sp³-hybridized carbons (Fsp3) is 0.400. The zero-order chi connectivity index (χ0) is 17.5. The number of rotatable bonds is 9. The second-order valence-corrected chi connectivity index (χ2v) is 14.9. The number of hydrogen-bond acceptors (Lipinski definition) is 2. The first-order valence-electron chi connectivity index (χ1n) is 8.81. The van der Waals surface area contributed by atoms with Crippen molar-refractivity contribution in [3.8, 4) is 0 Å². The van der Waals surface area contributed by atoms with E-state index in [0.29, 0.717) is 0 Å². The molecule has 0 aromatic heterocycles. The van der Waals surface area contributed by atoms with Gasteiger partial charge in [0, 0.05) is 13.2 Å². The Morgan fingerprint density at radius 2 is 0.917 bits per heavy atom. The average molecular weight is 359 g/mol. The predicted octanol–water partition coefficient (Wildman–Crippen LogP) is 4.02. The maximum atomic E-state index is 6.23. The van der Waals surface area contributed by atoms with Crippen LogP contribution in [0.4, 0.5) is 0 Å². The van der Waals surface area contributed by atoms with E-state index in [1.54, 1.807) is 0 Å². The monoisotopic (exact) mass is 358 g/mol. The lowest BCUT2D eigenvalue weighted by Crippen LogP contribution is -2.45. The molecule has 0 N–H and O–H groups in total. The van der Waals surface area contributed by atoms with E-state index >= 15 is 0 Å². The van der Waals surface area contributed by atoms with Crippen LogP contribution in [0.1, 0.15) is 12.8 Å². The molecule has 4 heteroatoms. The third kappa shape index (κ3) is 5.70. The third-order valence-corrected chi connectivity index (χ3v) is 9.70. The Balaban J connectivity index is 1.68. The molecular formula is C20H30O2Si2. The van der Waals surface area contributed by atoms with Gasteiger partial charge in [-0.15, -0.1) is 0 Å². The van der Waals surface area contributed by atoms with Crippen LogP contribution in [0.5, 0.6) is 0 Å². The Morgan fingerprint density at radius 1 is 0.583 bits per heavy atom. The van der Waals surface area contributed by atoms with E-state index in [1.807, 2.05) is 0 Å². The molecule has 0 heterocycles. The largest absolute Gasteiger partial charge is 0.413 e. The van der Waals surface area contributed by atoms with Crippen molar-refractivity contribution in [2.24, 2.45) is 0 Å². The average Bonchev–Trinajstić information content (AvgIpc) is 2.59. The van der Waals surface area contributed by atoms with Crippen LogP contribution in [0.25, 0.3) is 0 Å². The van der Waals surface area contributed by atoms with E-state index in [1.165, 1.54) is 10.4 Å². The molecule has 0 radical (unpaired) electrons. The Bertz CT molecular complexity index is 542. The van der Waals surface area contributed by atoms with E-state index in [2.05, 4.69) is 86.9 Å². The molecule has 2 aromatic rings. The van der Waals surface area contributed by atoms with Crippen LogP contribution in [-0.2, 0) is 8.85 Å². The van der Waals surface area contributed by atoms with E-state index in [0.717, 1.165) is 26.1 Å². The summed E-state index contributed by atoms with van der Waals surface area (Å²) < 4.78 is 12.5. The number of unbranched alkanes of at least 4 members (excludes halogenated alkanes) is 1. The Hall–Kier alpha value is -1.21. The minimum Gasteiger partial charge on any atom is -0.413 e. The lowest BCUT2D eigenvalue weighted by molar-refractivity contribution is 0.263. The molecular weight excluding hydrogens is 328 g/mol. The van der Waals surface area contributed by atoms with Gasteiger partial charge >= 0.3 is 0 Å². The minimum atomic E-state index is -1.76. The molecule has 0 bridgehead atoms. The molecule has 0 aliphatic rings. The van der Waals surface area contributed by atoms with Crippen LogP contribution in [0.2, 0.25) is 26.2 Å². The molecule has 24 heavy (non-hydrogen) atoms. The van der Waals surface area contributed by atoms with Crippen molar-refractivity contribution in [2.45, 2.75) is 39.0 Å².